The maximum absolute atomic E-state index is 6.09. The van der Waals surface area contributed by atoms with E-state index in [9.17, 15) is 0 Å². The topological polar surface area (TPSA) is 69.6 Å². The Labute approximate surface area is 154 Å². The molecule has 0 radical (unpaired) electrons. The van der Waals surface area contributed by atoms with E-state index >= 15 is 0 Å². The summed E-state index contributed by atoms with van der Waals surface area (Å²) in [5.74, 6) is 3.19. The quantitative estimate of drug-likeness (QED) is 0.768. The predicted octanol–water partition coefficient (Wildman–Crippen LogP) is 3.43. The van der Waals surface area contributed by atoms with Crippen LogP contribution in [0.1, 0.15) is 48.8 Å². The van der Waals surface area contributed by atoms with E-state index in [2.05, 4.69) is 29.2 Å². The van der Waals surface area contributed by atoms with Gasteiger partial charge in [0.05, 0.1) is 0 Å². The first kappa shape index (κ1) is 16.9. The van der Waals surface area contributed by atoms with Crippen LogP contribution < -0.4 is 5.73 Å². The lowest BCUT2D eigenvalue weighted by Crippen LogP contribution is -2.26. The van der Waals surface area contributed by atoms with E-state index in [4.69, 9.17) is 15.8 Å². The summed E-state index contributed by atoms with van der Waals surface area (Å²) >= 11 is 0. The minimum atomic E-state index is 0.329. The molecule has 1 aliphatic carbocycles. The lowest BCUT2D eigenvalue weighted by molar-refractivity contribution is 0.380. The second kappa shape index (κ2) is 7.79. The number of aromatic nitrogens is 4. The van der Waals surface area contributed by atoms with Crippen LogP contribution in [0.3, 0.4) is 0 Å². The molecule has 5 heteroatoms. The second-order valence-electron chi connectivity index (χ2n) is 7.08. The zero-order valence-electron chi connectivity index (χ0n) is 15.0. The van der Waals surface area contributed by atoms with Crippen LogP contribution >= 0.6 is 0 Å². The van der Waals surface area contributed by atoms with Crippen molar-refractivity contribution < 1.29 is 0 Å². The first-order valence-corrected chi connectivity index (χ1v) is 9.46. The maximum Gasteiger partial charge on any atom is 0.155 e. The van der Waals surface area contributed by atoms with Crippen LogP contribution in [0.5, 0.6) is 0 Å². The van der Waals surface area contributed by atoms with Crippen LogP contribution in [0.4, 0.5) is 0 Å². The van der Waals surface area contributed by atoms with Crippen molar-refractivity contribution in [2.75, 3.05) is 0 Å². The van der Waals surface area contributed by atoms with Gasteiger partial charge in [-0.25, -0.2) is 9.97 Å². The SMILES string of the molecule is NC1CCC(c2nc(CCc3ccccc3)nn2-c2ccccn2)CC1. The van der Waals surface area contributed by atoms with Crippen molar-refractivity contribution in [2.24, 2.45) is 5.73 Å². The lowest BCUT2D eigenvalue weighted by atomic mass is 9.86. The molecule has 4 rings (SSSR count). The number of hydrogen-bond donors (Lipinski definition) is 1. The number of rotatable bonds is 5. The summed E-state index contributed by atoms with van der Waals surface area (Å²) in [6, 6.07) is 16.7. The molecule has 0 bridgehead atoms. The van der Waals surface area contributed by atoms with Crippen molar-refractivity contribution in [2.45, 2.75) is 50.5 Å². The van der Waals surface area contributed by atoms with Crippen LogP contribution in [0.15, 0.2) is 54.7 Å². The number of aryl methyl sites for hydroxylation is 2. The highest BCUT2D eigenvalue weighted by atomic mass is 15.4. The van der Waals surface area contributed by atoms with Gasteiger partial charge in [0.1, 0.15) is 5.82 Å². The van der Waals surface area contributed by atoms with Gasteiger partial charge in [0.15, 0.2) is 11.6 Å². The third-order valence-electron chi connectivity index (χ3n) is 5.16. The van der Waals surface area contributed by atoms with Gasteiger partial charge in [0.2, 0.25) is 0 Å². The fourth-order valence-corrected chi connectivity index (χ4v) is 3.66. The molecule has 3 aromatic rings. The van der Waals surface area contributed by atoms with E-state index in [0.717, 1.165) is 56.0 Å². The molecule has 1 aromatic carbocycles. The predicted molar refractivity (Wildman–Crippen MR) is 102 cm³/mol. The summed E-state index contributed by atoms with van der Waals surface area (Å²) in [5.41, 5.74) is 7.40. The Morgan fingerprint density at radius 1 is 0.923 bits per heavy atom. The molecule has 0 aliphatic heterocycles. The highest BCUT2D eigenvalue weighted by molar-refractivity contribution is 5.24. The number of nitrogens with zero attached hydrogens (tertiary/aromatic N) is 4. The minimum absolute atomic E-state index is 0.329. The summed E-state index contributed by atoms with van der Waals surface area (Å²) in [4.78, 5) is 9.41. The molecular weight excluding hydrogens is 322 g/mol. The van der Waals surface area contributed by atoms with E-state index in [1.807, 2.05) is 28.9 Å². The summed E-state index contributed by atoms with van der Waals surface area (Å²) in [5, 5.41) is 4.80. The summed E-state index contributed by atoms with van der Waals surface area (Å²) in [6.45, 7) is 0. The van der Waals surface area contributed by atoms with Gasteiger partial charge < -0.3 is 5.73 Å². The smallest absolute Gasteiger partial charge is 0.155 e. The molecule has 0 saturated heterocycles. The lowest BCUT2D eigenvalue weighted by Gasteiger charge is -2.25. The Morgan fingerprint density at radius 2 is 1.69 bits per heavy atom. The van der Waals surface area contributed by atoms with Gasteiger partial charge in [-0.05, 0) is 49.8 Å². The Hall–Kier alpha value is -2.53. The van der Waals surface area contributed by atoms with Crippen molar-refractivity contribution in [1.29, 1.82) is 0 Å². The molecule has 0 atom stereocenters. The van der Waals surface area contributed by atoms with E-state index in [-0.39, 0.29) is 0 Å². The van der Waals surface area contributed by atoms with E-state index in [1.54, 1.807) is 6.20 Å². The van der Waals surface area contributed by atoms with E-state index in [1.165, 1.54) is 5.56 Å². The van der Waals surface area contributed by atoms with Gasteiger partial charge in [-0.3, -0.25) is 0 Å². The standard InChI is InChI=1S/C21H25N5/c22-18-12-10-17(11-13-18)21-24-19(14-9-16-6-2-1-3-7-16)25-26(21)20-8-4-5-15-23-20/h1-8,15,17-18H,9-14,22H2. The normalized spacial score (nSPS) is 20.2. The summed E-state index contributed by atoms with van der Waals surface area (Å²) in [6.07, 6.45) is 7.85. The number of pyridine rings is 1. The van der Waals surface area contributed by atoms with Crippen LogP contribution in [-0.4, -0.2) is 25.8 Å². The molecule has 1 aliphatic rings. The van der Waals surface area contributed by atoms with Gasteiger partial charge in [-0.1, -0.05) is 36.4 Å². The summed E-state index contributed by atoms with van der Waals surface area (Å²) in [7, 11) is 0. The molecule has 0 unspecified atom stereocenters. The molecule has 0 amide bonds. The van der Waals surface area contributed by atoms with Gasteiger partial charge in [-0.2, -0.15) is 4.68 Å². The molecule has 0 spiro atoms. The fraction of sp³-hybridized carbons (Fsp3) is 0.381. The molecule has 1 fully saturated rings. The molecule has 2 N–H and O–H groups in total. The van der Waals surface area contributed by atoms with Crippen LogP contribution in [-0.2, 0) is 12.8 Å². The average molecular weight is 347 g/mol. The Morgan fingerprint density at radius 3 is 2.42 bits per heavy atom. The molecule has 1 saturated carbocycles. The third-order valence-corrected chi connectivity index (χ3v) is 5.16. The zero-order chi connectivity index (χ0) is 17.8. The van der Waals surface area contributed by atoms with Gasteiger partial charge in [0.25, 0.3) is 0 Å². The monoisotopic (exact) mass is 347 g/mol. The zero-order valence-corrected chi connectivity index (χ0v) is 15.0. The largest absolute Gasteiger partial charge is 0.328 e. The molecule has 5 nitrogen and oxygen atoms in total. The van der Waals surface area contributed by atoms with Crippen molar-refractivity contribution >= 4 is 0 Å². The number of hydrogen-bond acceptors (Lipinski definition) is 4. The van der Waals surface area contributed by atoms with Crippen LogP contribution in [0.25, 0.3) is 5.82 Å². The van der Waals surface area contributed by atoms with Crippen molar-refractivity contribution in [3.05, 3.63) is 71.9 Å². The van der Waals surface area contributed by atoms with Gasteiger partial charge >= 0.3 is 0 Å². The molecule has 2 heterocycles. The van der Waals surface area contributed by atoms with Gasteiger partial charge in [0, 0.05) is 24.6 Å². The third kappa shape index (κ3) is 3.83. The van der Waals surface area contributed by atoms with E-state index < -0.39 is 0 Å². The van der Waals surface area contributed by atoms with Crippen LogP contribution in [0.2, 0.25) is 0 Å². The second-order valence-corrected chi connectivity index (χ2v) is 7.08. The van der Waals surface area contributed by atoms with Crippen LogP contribution in [0, 0.1) is 0 Å². The summed E-state index contributed by atoms with van der Waals surface area (Å²) < 4.78 is 1.95. The first-order valence-electron chi connectivity index (χ1n) is 9.46. The Kier molecular flexibility index (Phi) is 5.07. The maximum atomic E-state index is 6.09. The fourth-order valence-electron chi connectivity index (χ4n) is 3.66. The van der Waals surface area contributed by atoms with Crippen molar-refractivity contribution in [3.8, 4) is 5.82 Å². The molecule has 2 aromatic heterocycles. The van der Waals surface area contributed by atoms with Crippen molar-refractivity contribution in [3.63, 3.8) is 0 Å². The highest BCUT2D eigenvalue weighted by Crippen LogP contribution is 2.32. The minimum Gasteiger partial charge on any atom is -0.328 e. The Balaban J connectivity index is 1.59. The molecule has 26 heavy (non-hydrogen) atoms. The Bertz CT molecular complexity index is 820. The van der Waals surface area contributed by atoms with Crippen molar-refractivity contribution in [1.82, 2.24) is 19.7 Å². The molecule has 134 valence electrons. The molecular formula is C21H25N5. The van der Waals surface area contributed by atoms with Gasteiger partial charge in [-0.15, -0.1) is 5.10 Å². The highest BCUT2D eigenvalue weighted by Gasteiger charge is 2.26. The number of nitrogens with two attached hydrogens (primary N) is 1. The number of benzene rings is 1. The van der Waals surface area contributed by atoms with E-state index in [0.29, 0.717) is 12.0 Å². The average Bonchev–Trinajstić information content (AvgIpc) is 3.13. The first-order chi connectivity index (χ1) is 12.8.